The lowest BCUT2D eigenvalue weighted by Gasteiger charge is -2.25. The van der Waals surface area contributed by atoms with E-state index in [0.717, 1.165) is 41.6 Å². The maximum atomic E-state index is 13.2. The number of phenols is 1. The number of rotatable bonds is 6. The average molecular weight is 537 g/mol. The van der Waals surface area contributed by atoms with E-state index < -0.39 is 0 Å². The Morgan fingerprint density at radius 2 is 1.75 bits per heavy atom. The van der Waals surface area contributed by atoms with Crippen molar-refractivity contribution in [2.24, 2.45) is 0 Å². The molecule has 0 bridgehead atoms. The van der Waals surface area contributed by atoms with Crippen LogP contribution in [0.25, 0.3) is 11.3 Å². The molecule has 1 aromatic heterocycles. The molecule has 2 amide bonds. The Hall–Kier alpha value is -4.39. The highest BCUT2D eigenvalue weighted by atomic mass is 16.3. The molecule has 206 valence electrons. The summed E-state index contributed by atoms with van der Waals surface area (Å²) in [6, 6.07) is 22.0. The highest BCUT2D eigenvalue weighted by Crippen LogP contribution is 2.39. The smallest absolute Gasteiger partial charge is 0.342 e. The first-order valence-electron chi connectivity index (χ1n) is 13.8. The Balaban J connectivity index is 1.37. The summed E-state index contributed by atoms with van der Waals surface area (Å²) in [5.74, 6) is 0.0258. The summed E-state index contributed by atoms with van der Waals surface area (Å²) < 4.78 is 1.43. The number of amides is 2. The fraction of sp³-hybridized carbons (Fsp3) is 0.303. The Morgan fingerprint density at radius 1 is 1.00 bits per heavy atom. The molecule has 1 aliphatic carbocycles. The van der Waals surface area contributed by atoms with E-state index in [0.29, 0.717) is 29.1 Å². The Morgan fingerprint density at radius 3 is 2.40 bits per heavy atom. The van der Waals surface area contributed by atoms with Gasteiger partial charge in [-0.15, -0.1) is 0 Å². The molecule has 0 radical (unpaired) electrons. The van der Waals surface area contributed by atoms with Crippen molar-refractivity contribution in [3.05, 3.63) is 101 Å². The van der Waals surface area contributed by atoms with Crippen molar-refractivity contribution in [3.8, 4) is 17.0 Å². The molecule has 3 aromatic carbocycles. The van der Waals surface area contributed by atoms with E-state index in [1.165, 1.54) is 10.7 Å². The van der Waals surface area contributed by atoms with Gasteiger partial charge in [-0.05, 0) is 72.7 Å². The number of anilines is 1. The quantitative estimate of drug-likeness (QED) is 0.228. The van der Waals surface area contributed by atoms with E-state index in [4.69, 9.17) is 0 Å². The highest BCUT2D eigenvalue weighted by Gasteiger charge is 2.28. The van der Waals surface area contributed by atoms with Crippen LogP contribution in [-0.2, 0) is 12.0 Å². The van der Waals surface area contributed by atoms with Crippen LogP contribution in [0.3, 0.4) is 0 Å². The van der Waals surface area contributed by atoms with Crippen LogP contribution in [0, 0.1) is 6.92 Å². The molecule has 1 saturated carbocycles. The molecule has 3 N–H and O–H groups in total. The largest absolute Gasteiger partial charge is 0.507 e. The third-order valence-electron chi connectivity index (χ3n) is 7.52. The maximum absolute atomic E-state index is 13.2. The molecule has 0 aliphatic heterocycles. The summed E-state index contributed by atoms with van der Waals surface area (Å²) >= 11 is 0. The van der Waals surface area contributed by atoms with Crippen LogP contribution in [0.5, 0.6) is 5.75 Å². The van der Waals surface area contributed by atoms with Gasteiger partial charge in [0.15, 0.2) is 0 Å². The van der Waals surface area contributed by atoms with Crippen LogP contribution in [0.4, 0.5) is 10.5 Å². The second-order valence-corrected chi connectivity index (χ2v) is 11.7. The van der Waals surface area contributed by atoms with Crippen molar-refractivity contribution in [2.45, 2.75) is 64.8 Å². The number of aryl methyl sites for hydroxylation is 1. The molecule has 40 heavy (non-hydrogen) atoms. The summed E-state index contributed by atoms with van der Waals surface area (Å²) in [4.78, 5) is 26.2. The zero-order valence-electron chi connectivity index (χ0n) is 23.5. The van der Waals surface area contributed by atoms with Gasteiger partial charge in [0.05, 0.1) is 11.4 Å². The second kappa shape index (κ2) is 11.0. The Labute approximate surface area is 235 Å². The third-order valence-corrected chi connectivity index (χ3v) is 7.52. The number of carbonyl (C=O) groups is 2. The van der Waals surface area contributed by atoms with Crippen LogP contribution in [0.2, 0.25) is 0 Å². The minimum absolute atomic E-state index is 0.0000949. The van der Waals surface area contributed by atoms with Crippen LogP contribution >= 0.6 is 0 Å². The van der Waals surface area contributed by atoms with Crippen LogP contribution in [-0.4, -0.2) is 26.8 Å². The van der Waals surface area contributed by atoms with Gasteiger partial charge in [-0.25, -0.2) is 4.79 Å². The number of benzene rings is 3. The van der Waals surface area contributed by atoms with Crippen molar-refractivity contribution < 1.29 is 14.7 Å². The normalized spacial score (nSPS) is 13.5. The van der Waals surface area contributed by atoms with E-state index in [2.05, 4.69) is 36.5 Å². The highest BCUT2D eigenvalue weighted by molar-refractivity contribution is 6.04. The van der Waals surface area contributed by atoms with Crippen molar-refractivity contribution in [1.29, 1.82) is 0 Å². The first-order valence-corrected chi connectivity index (χ1v) is 13.8. The Bertz CT molecular complexity index is 1540. The summed E-state index contributed by atoms with van der Waals surface area (Å²) in [6.45, 7) is 8.80. The minimum atomic E-state index is -0.308. The molecule has 1 aliphatic rings. The Kier molecular flexibility index (Phi) is 7.48. The predicted octanol–water partition coefficient (Wildman–Crippen LogP) is 7.14. The molecule has 0 atom stereocenters. The van der Waals surface area contributed by atoms with Crippen molar-refractivity contribution in [1.82, 2.24) is 15.1 Å². The van der Waals surface area contributed by atoms with Gasteiger partial charge in [0.2, 0.25) is 0 Å². The van der Waals surface area contributed by atoms with Crippen LogP contribution < -0.4 is 10.6 Å². The maximum Gasteiger partial charge on any atom is 0.342 e. The topological polar surface area (TPSA) is 96.3 Å². The summed E-state index contributed by atoms with van der Waals surface area (Å²) in [5.41, 5.74) is 6.13. The van der Waals surface area contributed by atoms with Crippen molar-refractivity contribution in [3.63, 3.8) is 0 Å². The monoisotopic (exact) mass is 536 g/mol. The van der Waals surface area contributed by atoms with Gasteiger partial charge in [-0.3, -0.25) is 4.79 Å². The molecule has 1 fully saturated rings. The molecule has 7 heteroatoms. The van der Waals surface area contributed by atoms with Crippen molar-refractivity contribution in [2.75, 3.05) is 5.32 Å². The molecule has 0 unspecified atom stereocenters. The second-order valence-electron chi connectivity index (χ2n) is 11.7. The molecule has 5 rings (SSSR count). The summed E-state index contributed by atoms with van der Waals surface area (Å²) in [6.07, 6.45) is 3.10. The number of aromatic hydroxyl groups is 1. The van der Waals surface area contributed by atoms with Gasteiger partial charge in [0, 0.05) is 29.3 Å². The van der Waals surface area contributed by atoms with Gasteiger partial charge in [-0.1, -0.05) is 69.2 Å². The van der Waals surface area contributed by atoms with Gasteiger partial charge in [0.25, 0.3) is 5.91 Å². The third kappa shape index (κ3) is 5.93. The number of carbonyl (C=O) groups excluding carboxylic acids is 2. The predicted molar refractivity (Wildman–Crippen MR) is 158 cm³/mol. The van der Waals surface area contributed by atoms with E-state index in [1.807, 2.05) is 61.5 Å². The molecular formula is C33H36N4O3. The van der Waals surface area contributed by atoms with Crippen LogP contribution in [0.15, 0.2) is 72.8 Å². The SMILES string of the molecule is Cc1cccc(CNC(=O)n2nc(-c3cc(NC(=O)c4ccc(C(C)(C)C)cc4)ccc3O)cc2C2CCC2)c1. The number of nitrogens with zero attached hydrogens (tertiary/aromatic N) is 2. The minimum Gasteiger partial charge on any atom is -0.507 e. The molecule has 1 heterocycles. The van der Waals surface area contributed by atoms with E-state index in [9.17, 15) is 14.7 Å². The molecule has 7 nitrogen and oxygen atoms in total. The molecular weight excluding hydrogens is 500 g/mol. The van der Waals surface area contributed by atoms with Gasteiger partial charge >= 0.3 is 6.03 Å². The lowest BCUT2D eigenvalue weighted by Crippen LogP contribution is -2.31. The van der Waals surface area contributed by atoms with E-state index in [-0.39, 0.29) is 29.0 Å². The van der Waals surface area contributed by atoms with Gasteiger partial charge in [0.1, 0.15) is 5.75 Å². The first kappa shape index (κ1) is 27.2. The zero-order chi connectivity index (χ0) is 28.4. The number of aromatic nitrogens is 2. The van der Waals surface area contributed by atoms with Gasteiger partial charge in [-0.2, -0.15) is 9.78 Å². The summed E-state index contributed by atoms with van der Waals surface area (Å²) in [7, 11) is 0. The zero-order valence-corrected chi connectivity index (χ0v) is 23.5. The molecule has 4 aromatic rings. The number of phenolic OH excluding ortho intramolecular Hbond substituents is 1. The molecule has 0 spiro atoms. The number of hydrogen-bond donors (Lipinski definition) is 3. The van der Waals surface area contributed by atoms with Gasteiger partial charge < -0.3 is 15.7 Å². The van der Waals surface area contributed by atoms with E-state index >= 15 is 0 Å². The lowest BCUT2D eigenvalue weighted by molar-refractivity contribution is 0.102. The number of hydrogen-bond acceptors (Lipinski definition) is 4. The fourth-order valence-electron chi connectivity index (χ4n) is 4.90. The first-order chi connectivity index (χ1) is 19.1. The fourth-order valence-corrected chi connectivity index (χ4v) is 4.90. The van der Waals surface area contributed by atoms with Crippen LogP contribution in [0.1, 0.15) is 78.7 Å². The molecule has 0 saturated heterocycles. The van der Waals surface area contributed by atoms with E-state index in [1.54, 1.807) is 12.1 Å². The average Bonchev–Trinajstić information content (AvgIpc) is 3.31. The number of nitrogens with one attached hydrogen (secondary N) is 2. The van der Waals surface area contributed by atoms with Crippen molar-refractivity contribution >= 4 is 17.6 Å². The summed E-state index contributed by atoms with van der Waals surface area (Å²) in [5, 5.41) is 21.2. The standard InChI is InChI=1S/C33H36N4O3/c1-21-7-5-8-22(17-21)20-34-32(40)37-29(23-9-6-10-23)19-28(36-37)27-18-26(15-16-30(27)38)35-31(39)24-11-13-25(14-12-24)33(2,3)4/h5,7-8,11-19,23,38H,6,9-10,20H2,1-4H3,(H,34,40)(H,35,39). The lowest BCUT2D eigenvalue weighted by atomic mass is 9.82.